The summed E-state index contributed by atoms with van der Waals surface area (Å²) in [5.74, 6) is 1.76. The van der Waals surface area contributed by atoms with E-state index in [1.165, 1.54) is 0 Å². The molecule has 26 heavy (non-hydrogen) atoms. The Morgan fingerprint density at radius 2 is 2.12 bits per heavy atom. The average molecular weight is 351 g/mol. The number of carbonyl (C=O) groups excluding carboxylic acids is 1. The first-order chi connectivity index (χ1) is 12.7. The van der Waals surface area contributed by atoms with Crippen LogP contribution in [0.2, 0.25) is 0 Å². The summed E-state index contributed by atoms with van der Waals surface area (Å²) in [5, 5.41) is 6.58. The first-order valence-electron chi connectivity index (χ1n) is 8.49. The monoisotopic (exact) mass is 351 g/mol. The van der Waals surface area contributed by atoms with Gasteiger partial charge in [-0.1, -0.05) is 0 Å². The first-order valence-corrected chi connectivity index (χ1v) is 8.49. The third-order valence-electron chi connectivity index (χ3n) is 4.52. The van der Waals surface area contributed by atoms with Crippen LogP contribution in [-0.4, -0.2) is 35.6 Å². The number of nitrogens with zero attached hydrogens (tertiary/aromatic N) is 3. The molecule has 3 heterocycles. The van der Waals surface area contributed by atoms with Crippen LogP contribution in [0.5, 0.6) is 5.75 Å². The standard InChI is InChI=1S/C18H17N5O3/c1-23-13-8-11(4-5-14(13)26-9-15(23)24)20-18-21-12-6-7-25-16(12)17(22-18)19-10-2-3-10/h4-8,10H,2-3,9H2,1H3,(H2,19,20,21,22). The van der Waals surface area contributed by atoms with E-state index in [0.717, 1.165) is 24.0 Å². The van der Waals surface area contributed by atoms with Crippen LogP contribution in [0.1, 0.15) is 12.8 Å². The summed E-state index contributed by atoms with van der Waals surface area (Å²) in [6.45, 7) is 0.0622. The quantitative estimate of drug-likeness (QED) is 0.746. The van der Waals surface area contributed by atoms with Crippen molar-refractivity contribution in [1.82, 2.24) is 9.97 Å². The molecule has 1 aliphatic carbocycles. The normalized spacial score (nSPS) is 16.3. The SMILES string of the molecule is CN1C(=O)COc2ccc(Nc3nc(NC4CC4)c4occc4n3)cc21. The fourth-order valence-electron chi connectivity index (χ4n) is 2.92. The van der Waals surface area contributed by atoms with Gasteiger partial charge >= 0.3 is 0 Å². The highest BCUT2D eigenvalue weighted by Gasteiger charge is 2.24. The lowest BCUT2D eigenvalue weighted by molar-refractivity contribution is -0.120. The predicted molar refractivity (Wildman–Crippen MR) is 97.1 cm³/mol. The number of ether oxygens (including phenoxy) is 1. The van der Waals surface area contributed by atoms with Crippen molar-refractivity contribution in [3.8, 4) is 5.75 Å². The lowest BCUT2D eigenvalue weighted by atomic mass is 10.2. The Morgan fingerprint density at radius 1 is 1.23 bits per heavy atom. The molecule has 1 aromatic carbocycles. The van der Waals surface area contributed by atoms with Gasteiger partial charge in [-0.25, -0.2) is 4.98 Å². The third kappa shape index (κ3) is 2.59. The molecule has 1 aliphatic heterocycles. The molecule has 0 bridgehead atoms. The van der Waals surface area contributed by atoms with Gasteiger partial charge in [-0.2, -0.15) is 4.98 Å². The van der Waals surface area contributed by atoms with E-state index >= 15 is 0 Å². The van der Waals surface area contributed by atoms with Crippen LogP contribution in [0.4, 0.5) is 23.1 Å². The number of benzene rings is 1. The number of aromatic nitrogens is 2. The number of hydrogen-bond donors (Lipinski definition) is 2. The topological polar surface area (TPSA) is 92.5 Å². The minimum absolute atomic E-state index is 0.0622. The van der Waals surface area contributed by atoms with Crippen LogP contribution in [0.3, 0.4) is 0 Å². The number of rotatable bonds is 4. The molecule has 5 rings (SSSR count). The lowest BCUT2D eigenvalue weighted by Crippen LogP contribution is -2.35. The summed E-state index contributed by atoms with van der Waals surface area (Å²) in [6, 6.07) is 7.82. The zero-order valence-electron chi connectivity index (χ0n) is 14.2. The maximum absolute atomic E-state index is 11.8. The zero-order chi connectivity index (χ0) is 17.7. The van der Waals surface area contributed by atoms with Gasteiger partial charge in [0.05, 0.1) is 12.0 Å². The third-order valence-corrected chi connectivity index (χ3v) is 4.52. The van der Waals surface area contributed by atoms with Crippen molar-refractivity contribution in [1.29, 1.82) is 0 Å². The molecule has 0 radical (unpaired) electrons. The molecule has 2 N–H and O–H groups in total. The fourth-order valence-corrected chi connectivity index (χ4v) is 2.92. The van der Waals surface area contributed by atoms with E-state index in [1.54, 1.807) is 18.2 Å². The lowest BCUT2D eigenvalue weighted by Gasteiger charge is -2.26. The van der Waals surface area contributed by atoms with Crippen molar-refractivity contribution in [2.24, 2.45) is 0 Å². The van der Waals surface area contributed by atoms with Crippen LogP contribution >= 0.6 is 0 Å². The zero-order valence-corrected chi connectivity index (χ0v) is 14.2. The van der Waals surface area contributed by atoms with Crippen molar-refractivity contribution in [3.05, 3.63) is 30.5 Å². The van der Waals surface area contributed by atoms with E-state index in [0.29, 0.717) is 34.8 Å². The van der Waals surface area contributed by atoms with E-state index in [2.05, 4.69) is 20.6 Å². The second-order valence-electron chi connectivity index (χ2n) is 6.50. The van der Waals surface area contributed by atoms with Crippen LogP contribution in [-0.2, 0) is 4.79 Å². The van der Waals surface area contributed by atoms with Crippen molar-refractivity contribution in [3.63, 3.8) is 0 Å². The highest BCUT2D eigenvalue weighted by molar-refractivity contribution is 5.98. The van der Waals surface area contributed by atoms with Gasteiger partial charge in [0.1, 0.15) is 11.3 Å². The summed E-state index contributed by atoms with van der Waals surface area (Å²) in [7, 11) is 1.74. The largest absolute Gasteiger partial charge is 0.482 e. The summed E-state index contributed by atoms with van der Waals surface area (Å²) in [6.07, 6.45) is 3.89. The second-order valence-corrected chi connectivity index (χ2v) is 6.50. The van der Waals surface area contributed by atoms with E-state index < -0.39 is 0 Å². The minimum Gasteiger partial charge on any atom is -0.482 e. The average Bonchev–Trinajstić information content (AvgIpc) is 3.32. The van der Waals surface area contributed by atoms with Gasteiger partial charge in [0.15, 0.2) is 18.0 Å². The van der Waals surface area contributed by atoms with Gasteiger partial charge in [-0.05, 0) is 31.0 Å². The Labute approximate surface area is 149 Å². The Bertz CT molecular complexity index is 1010. The number of fused-ring (bicyclic) bond motifs is 2. The highest BCUT2D eigenvalue weighted by Crippen LogP contribution is 2.35. The van der Waals surface area contributed by atoms with Crippen molar-refractivity contribution >= 4 is 40.1 Å². The molecule has 0 saturated heterocycles. The number of hydrogen-bond acceptors (Lipinski definition) is 7. The van der Waals surface area contributed by atoms with Crippen molar-refractivity contribution in [2.45, 2.75) is 18.9 Å². The second kappa shape index (κ2) is 5.62. The predicted octanol–water partition coefficient (Wildman–Crippen LogP) is 2.90. The molecule has 2 aromatic heterocycles. The van der Waals surface area contributed by atoms with Crippen LogP contribution in [0, 0.1) is 0 Å². The van der Waals surface area contributed by atoms with E-state index in [1.807, 2.05) is 24.3 Å². The van der Waals surface area contributed by atoms with E-state index in [9.17, 15) is 4.79 Å². The minimum atomic E-state index is -0.0818. The Hall–Kier alpha value is -3.29. The smallest absolute Gasteiger partial charge is 0.264 e. The summed E-state index contributed by atoms with van der Waals surface area (Å²) in [5.41, 5.74) is 2.88. The molecule has 8 heteroatoms. The molecule has 8 nitrogen and oxygen atoms in total. The molecular formula is C18H17N5O3. The molecule has 3 aromatic rings. The molecule has 0 atom stereocenters. The van der Waals surface area contributed by atoms with E-state index in [4.69, 9.17) is 9.15 Å². The van der Waals surface area contributed by atoms with Crippen LogP contribution < -0.4 is 20.3 Å². The summed E-state index contributed by atoms with van der Waals surface area (Å²) in [4.78, 5) is 22.5. The number of furan rings is 1. The highest BCUT2D eigenvalue weighted by atomic mass is 16.5. The molecule has 132 valence electrons. The van der Waals surface area contributed by atoms with Crippen LogP contribution in [0.15, 0.2) is 34.9 Å². The molecule has 1 saturated carbocycles. The number of likely N-dealkylation sites (N-methyl/N-ethyl adjacent to an activating group) is 1. The number of nitrogens with one attached hydrogen (secondary N) is 2. The molecule has 1 amide bonds. The summed E-state index contributed by atoms with van der Waals surface area (Å²) >= 11 is 0. The van der Waals surface area contributed by atoms with Crippen LogP contribution in [0.25, 0.3) is 11.1 Å². The first kappa shape index (κ1) is 15.0. The Balaban J connectivity index is 1.48. The number of anilines is 4. The van der Waals surface area contributed by atoms with Gasteiger partial charge in [0.2, 0.25) is 5.95 Å². The van der Waals surface area contributed by atoms with Crippen molar-refractivity contribution < 1.29 is 13.9 Å². The maximum atomic E-state index is 11.8. The molecular weight excluding hydrogens is 334 g/mol. The fraction of sp³-hybridized carbons (Fsp3) is 0.278. The Morgan fingerprint density at radius 3 is 2.96 bits per heavy atom. The maximum Gasteiger partial charge on any atom is 0.264 e. The van der Waals surface area contributed by atoms with Gasteiger partial charge in [0, 0.05) is 24.8 Å². The van der Waals surface area contributed by atoms with Crippen molar-refractivity contribution in [2.75, 3.05) is 29.2 Å². The summed E-state index contributed by atoms with van der Waals surface area (Å²) < 4.78 is 11.0. The van der Waals surface area contributed by atoms with Gasteiger partial charge in [0.25, 0.3) is 5.91 Å². The number of amides is 1. The number of carbonyl (C=O) groups is 1. The van der Waals surface area contributed by atoms with Gasteiger partial charge in [-0.3, -0.25) is 4.79 Å². The van der Waals surface area contributed by atoms with E-state index in [-0.39, 0.29) is 12.5 Å². The van der Waals surface area contributed by atoms with Gasteiger partial charge < -0.3 is 24.7 Å². The Kier molecular flexibility index (Phi) is 3.24. The molecule has 1 fully saturated rings. The molecule has 0 spiro atoms. The molecule has 2 aliphatic rings. The molecule has 0 unspecified atom stereocenters. The van der Waals surface area contributed by atoms with Gasteiger partial charge in [-0.15, -0.1) is 0 Å².